The molecule has 0 aliphatic carbocycles. The second kappa shape index (κ2) is 5.51. The summed E-state index contributed by atoms with van der Waals surface area (Å²) in [6.45, 7) is 11.1. The molecular formula is C16H26BNO2. The minimum Gasteiger partial charge on any atom is -0.423 e. The average molecular weight is 275 g/mol. The molecule has 2 rings (SSSR count). The smallest absolute Gasteiger partial charge is 0.423 e. The van der Waals surface area contributed by atoms with Gasteiger partial charge in [-0.15, -0.1) is 0 Å². The van der Waals surface area contributed by atoms with Gasteiger partial charge in [0.05, 0.1) is 0 Å². The second-order valence-electron chi connectivity index (χ2n) is 7.04. The van der Waals surface area contributed by atoms with Crippen molar-refractivity contribution in [2.75, 3.05) is 6.54 Å². The van der Waals surface area contributed by atoms with Gasteiger partial charge in [-0.3, -0.25) is 4.90 Å². The van der Waals surface area contributed by atoms with Gasteiger partial charge in [0.1, 0.15) is 0 Å². The first-order chi connectivity index (χ1) is 9.25. The molecule has 0 saturated carbocycles. The van der Waals surface area contributed by atoms with Crippen molar-refractivity contribution in [1.29, 1.82) is 0 Å². The quantitative estimate of drug-likeness (QED) is 0.826. The molecule has 1 saturated heterocycles. The number of likely N-dealkylation sites (tertiary alicyclic amines) is 1. The molecule has 1 aromatic carbocycles. The topological polar surface area (TPSA) is 43.7 Å². The molecule has 4 heteroatoms. The summed E-state index contributed by atoms with van der Waals surface area (Å²) in [5, 5.41) is 19.0. The van der Waals surface area contributed by atoms with Crippen molar-refractivity contribution < 1.29 is 10.0 Å². The maximum atomic E-state index is 9.50. The predicted molar refractivity (Wildman–Crippen MR) is 83.8 cm³/mol. The lowest BCUT2D eigenvalue weighted by molar-refractivity contribution is -0.0358. The highest BCUT2D eigenvalue weighted by atomic mass is 16.4. The molecular weight excluding hydrogens is 249 g/mol. The van der Waals surface area contributed by atoms with Crippen LogP contribution in [0.1, 0.15) is 46.1 Å². The van der Waals surface area contributed by atoms with Crippen molar-refractivity contribution in [3.63, 3.8) is 0 Å². The van der Waals surface area contributed by atoms with Gasteiger partial charge >= 0.3 is 7.12 Å². The highest BCUT2D eigenvalue weighted by molar-refractivity contribution is 6.59. The van der Waals surface area contributed by atoms with Crippen LogP contribution in [-0.2, 0) is 6.54 Å². The maximum Gasteiger partial charge on any atom is 0.488 e. The zero-order valence-electron chi connectivity index (χ0n) is 13.1. The van der Waals surface area contributed by atoms with E-state index >= 15 is 0 Å². The molecule has 0 spiro atoms. The minimum absolute atomic E-state index is 0.0960. The van der Waals surface area contributed by atoms with E-state index in [0.717, 1.165) is 18.7 Å². The Morgan fingerprint density at radius 3 is 2.45 bits per heavy atom. The van der Waals surface area contributed by atoms with Crippen molar-refractivity contribution >= 4 is 12.6 Å². The molecule has 3 nitrogen and oxygen atoms in total. The van der Waals surface area contributed by atoms with E-state index in [9.17, 15) is 10.0 Å². The third-order valence-corrected chi connectivity index (χ3v) is 5.37. The van der Waals surface area contributed by atoms with Crippen molar-refractivity contribution in [3.8, 4) is 0 Å². The molecule has 1 aromatic rings. The monoisotopic (exact) mass is 275 g/mol. The SMILES string of the molecule is CC1(C)CCCN(Cc2ccccc2B(O)O)C1(C)C. The van der Waals surface area contributed by atoms with Gasteiger partial charge in [0.25, 0.3) is 0 Å². The maximum absolute atomic E-state index is 9.50. The predicted octanol–water partition coefficient (Wildman–Crippen LogP) is 1.77. The number of piperidine rings is 1. The lowest BCUT2D eigenvalue weighted by Gasteiger charge is -2.53. The molecule has 1 fully saturated rings. The molecule has 20 heavy (non-hydrogen) atoms. The van der Waals surface area contributed by atoms with Crippen LogP contribution in [0, 0.1) is 5.41 Å². The first-order valence-corrected chi connectivity index (χ1v) is 7.45. The molecule has 2 N–H and O–H groups in total. The number of hydrogen-bond donors (Lipinski definition) is 2. The summed E-state index contributed by atoms with van der Waals surface area (Å²) in [6.07, 6.45) is 2.43. The summed E-state index contributed by atoms with van der Waals surface area (Å²) in [6, 6.07) is 7.60. The standard InChI is InChI=1S/C16H26BNO2/c1-15(2)10-7-11-18(16(15,3)4)12-13-8-5-6-9-14(13)17(19)20/h5-6,8-9,19-20H,7,10-12H2,1-4H3. The van der Waals surface area contributed by atoms with Crippen molar-refractivity contribution in [1.82, 2.24) is 4.90 Å². The summed E-state index contributed by atoms with van der Waals surface area (Å²) in [7, 11) is -1.40. The highest BCUT2D eigenvalue weighted by Gasteiger charge is 2.44. The fourth-order valence-electron chi connectivity index (χ4n) is 3.14. The van der Waals surface area contributed by atoms with Gasteiger partial charge in [0.15, 0.2) is 0 Å². The van der Waals surface area contributed by atoms with E-state index in [1.807, 2.05) is 18.2 Å². The van der Waals surface area contributed by atoms with Crippen LogP contribution in [-0.4, -0.2) is 34.2 Å². The van der Waals surface area contributed by atoms with E-state index in [1.165, 1.54) is 12.8 Å². The van der Waals surface area contributed by atoms with E-state index in [0.29, 0.717) is 5.46 Å². The molecule has 1 heterocycles. The number of nitrogens with zero attached hydrogens (tertiary/aromatic N) is 1. The van der Waals surface area contributed by atoms with E-state index < -0.39 is 7.12 Å². The Morgan fingerprint density at radius 1 is 1.15 bits per heavy atom. The zero-order valence-corrected chi connectivity index (χ0v) is 13.1. The lowest BCUT2D eigenvalue weighted by atomic mass is 9.67. The largest absolute Gasteiger partial charge is 0.488 e. The van der Waals surface area contributed by atoms with Crippen LogP contribution in [0.15, 0.2) is 24.3 Å². The van der Waals surface area contributed by atoms with Crippen LogP contribution in [0.4, 0.5) is 0 Å². The summed E-state index contributed by atoms with van der Waals surface area (Å²) in [5.74, 6) is 0. The van der Waals surface area contributed by atoms with Crippen LogP contribution in [0.3, 0.4) is 0 Å². The number of hydrogen-bond acceptors (Lipinski definition) is 3. The molecule has 0 atom stereocenters. The lowest BCUT2D eigenvalue weighted by Crippen LogP contribution is -2.57. The molecule has 0 radical (unpaired) electrons. The summed E-state index contributed by atoms with van der Waals surface area (Å²) in [5.41, 5.74) is 1.98. The van der Waals surface area contributed by atoms with E-state index in [4.69, 9.17) is 0 Å². The normalized spacial score (nSPS) is 21.7. The van der Waals surface area contributed by atoms with Crippen molar-refractivity contribution in [2.24, 2.45) is 5.41 Å². The van der Waals surface area contributed by atoms with Gasteiger partial charge in [-0.2, -0.15) is 0 Å². The third kappa shape index (κ3) is 2.78. The number of rotatable bonds is 3. The summed E-state index contributed by atoms with van der Waals surface area (Å²) < 4.78 is 0. The highest BCUT2D eigenvalue weighted by Crippen LogP contribution is 2.43. The Balaban J connectivity index is 2.26. The molecule has 110 valence electrons. The first kappa shape index (κ1) is 15.6. The Kier molecular flexibility index (Phi) is 4.28. The van der Waals surface area contributed by atoms with E-state index in [1.54, 1.807) is 6.07 Å². The Bertz CT molecular complexity index is 471. The molecule has 0 aromatic heterocycles. The molecule has 1 aliphatic rings. The van der Waals surface area contributed by atoms with Crippen molar-refractivity contribution in [2.45, 2.75) is 52.6 Å². The van der Waals surface area contributed by atoms with Gasteiger partial charge in [0, 0.05) is 12.1 Å². The average Bonchev–Trinajstić information content (AvgIpc) is 2.36. The van der Waals surface area contributed by atoms with E-state index in [-0.39, 0.29) is 11.0 Å². The minimum atomic E-state index is -1.40. The summed E-state index contributed by atoms with van der Waals surface area (Å²) >= 11 is 0. The fourth-order valence-corrected chi connectivity index (χ4v) is 3.14. The van der Waals surface area contributed by atoms with Crippen LogP contribution in [0.5, 0.6) is 0 Å². The third-order valence-electron chi connectivity index (χ3n) is 5.37. The molecule has 1 aliphatic heterocycles. The van der Waals surface area contributed by atoms with Crippen LogP contribution < -0.4 is 5.46 Å². The number of benzene rings is 1. The van der Waals surface area contributed by atoms with Crippen LogP contribution in [0.2, 0.25) is 0 Å². The molecule has 0 bridgehead atoms. The van der Waals surface area contributed by atoms with Gasteiger partial charge < -0.3 is 10.0 Å². The van der Waals surface area contributed by atoms with Crippen LogP contribution >= 0.6 is 0 Å². The van der Waals surface area contributed by atoms with Gasteiger partial charge in [0.2, 0.25) is 0 Å². The zero-order chi connectivity index (χ0) is 15.0. The van der Waals surface area contributed by atoms with E-state index in [2.05, 4.69) is 32.6 Å². The second-order valence-corrected chi connectivity index (χ2v) is 7.04. The molecule has 0 amide bonds. The van der Waals surface area contributed by atoms with Crippen LogP contribution in [0.25, 0.3) is 0 Å². The van der Waals surface area contributed by atoms with Gasteiger partial charge in [-0.05, 0) is 49.7 Å². The first-order valence-electron chi connectivity index (χ1n) is 7.45. The Morgan fingerprint density at radius 2 is 1.80 bits per heavy atom. The summed E-state index contributed by atoms with van der Waals surface area (Å²) in [4.78, 5) is 2.47. The van der Waals surface area contributed by atoms with Gasteiger partial charge in [-0.1, -0.05) is 38.1 Å². The molecule has 0 unspecified atom stereocenters. The fraction of sp³-hybridized carbons (Fsp3) is 0.625. The van der Waals surface area contributed by atoms with Gasteiger partial charge in [-0.25, -0.2) is 0 Å². The Hall–Kier alpha value is -0.835. The van der Waals surface area contributed by atoms with Crippen molar-refractivity contribution in [3.05, 3.63) is 29.8 Å². The Labute approximate surface area is 122 Å².